The lowest BCUT2D eigenvalue weighted by Crippen LogP contribution is -2.43. The van der Waals surface area contributed by atoms with Gasteiger partial charge < -0.3 is 15.7 Å². The van der Waals surface area contributed by atoms with Crippen molar-refractivity contribution >= 4 is 17.7 Å². The Morgan fingerprint density at radius 2 is 2.21 bits per heavy atom. The first-order chi connectivity index (χ1) is 6.52. The Kier molecular flexibility index (Phi) is 6.96. The first-order valence-electron chi connectivity index (χ1n) is 4.70. The van der Waals surface area contributed by atoms with Gasteiger partial charge in [0.05, 0.1) is 12.1 Å². The number of carbonyl (C=O) groups is 1. The predicted octanol–water partition coefficient (Wildman–Crippen LogP) is -0.174. The van der Waals surface area contributed by atoms with E-state index in [0.717, 1.165) is 0 Å². The second-order valence-electron chi connectivity index (χ2n) is 3.49. The van der Waals surface area contributed by atoms with Gasteiger partial charge in [0, 0.05) is 18.8 Å². The van der Waals surface area contributed by atoms with E-state index in [1.54, 1.807) is 18.7 Å². The van der Waals surface area contributed by atoms with Crippen LogP contribution in [0, 0.1) is 0 Å². The summed E-state index contributed by atoms with van der Waals surface area (Å²) in [6.07, 6.45) is 1.94. The number of hydrogen-bond donors (Lipinski definition) is 3. The molecular formula is C9H20N2O2S. The largest absolute Gasteiger partial charge is 0.388 e. The summed E-state index contributed by atoms with van der Waals surface area (Å²) in [5, 5.41) is 15.3. The molecule has 0 bridgehead atoms. The van der Waals surface area contributed by atoms with E-state index in [2.05, 4.69) is 10.6 Å². The van der Waals surface area contributed by atoms with Crippen LogP contribution in [-0.2, 0) is 4.79 Å². The Labute approximate surface area is 89.8 Å². The quantitative estimate of drug-likeness (QED) is 0.557. The van der Waals surface area contributed by atoms with Crippen molar-refractivity contribution in [1.29, 1.82) is 0 Å². The third-order valence-corrected chi connectivity index (χ3v) is 2.53. The average Bonchev–Trinajstić information content (AvgIpc) is 2.03. The summed E-state index contributed by atoms with van der Waals surface area (Å²) >= 11 is 1.59. The van der Waals surface area contributed by atoms with Crippen molar-refractivity contribution in [1.82, 2.24) is 10.6 Å². The summed E-state index contributed by atoms with van der Waals surface area (Å²) in [7, 11) is 0. The lowest BCUT2D eigenvalue weighted by atomic mass is 10.1. The van der Waals surface area contributed by atoms with E-state index >= 15 is 0 Å². The molecule has 1 unspecified atom stereocenters. The first-order valence-corrected chi connectivity index (χ1v) is 6.10. The molecule has 0 heterocycles. The van der Waals surface area contributed by atoms with Gasteiger partial charge in [0.1, 0.15) is 0 Å². The van der Waals surface area contributed by atoms with Crippen LogP contribution in [0.2, 0.25) is 0 Å². The molecule has 1 amide bonds. The minimum absolute atomic E-state index is 0.0348. The molecule has 0 saturated carbocycles. The lowest BCUT2D eigenvalue weighted by molar-refractivity contribution is -0.120. The summed E-state index contributed by atoms with van der Waals surface area (Å²) in [5.74, 6) is 0.627. The summed E-state index contributed by atoms with van der Waals surface area (Å²) in [5.41, 5.74) is -0.744. The minimum Gasteiger partial charge on any atom is -0.388 e. The van der Waals surface area contributed by atoms with Crippen LogP contribution in [0.1, 0.15) is 13.8 Å². The van der Waals surface area contributed by atoms with Gasteiger partial charge in [0.2, 0.25) is 5.91 Å². The van der Waals surface area contributed by atoms with E-state index in [1.807, 2.05) is 13.2 Å². The van der Waals surface area contributed by atoms with Crippen molar-refractivity contribution in [2.45, 2.75) is 19.4 Å². The van der Waals surface area contributed by atoms with Crippen LogP contribution in [0.3, 0.4) is 0 Å². The van der Waals surface area contributed by atoms with Crippen molar-refractivity contribution in [2.75, 3.05) is 31.6 Å². The average molecular weight is 220 g/mol. The standard InChI is InChI=1S/C9H20N2O2S/c1-4-11-8(12)5-10-6-9(2,13)7-14-3/h10,13H,4-7H2,1-3H3,(H,11,12). The van der Waals surface area contributed by atoms with Gasteiger partial charge in [-0.1, -0.05) is 0 Å². The Bertz CT molecular complexity index is 174. The van der Waals surface area contributed by atoms with E-state index < -0.39 is 5.60 Å². The molecule has 0 aromatic heterocycles. The highest BCUT2D eigenvalue weighted by Crippen LogP contribution is 2.08. The van der Waals surface area contributed by atoms with Crippen LogP contribution >= 0.6 is 11.8 Å². The molecule has 0 spiro atoms. The van der Waals surface area contributed by atoms with Gasteiger partial charge in [-0.15, -0.1) is 0 Å². The van der Waals surface area contributed by atoms with E-state index in [-0.39, 0.29) is 12.5 Å². The maximum Gasteiger partial charge on any atom is 0.233 e. The van der Waals surface area contributed by atoms with Gasteiger partial charge in [0.25, 0.3) is 0 Å². The van der Waals surface area contributed by atoms with Crippen molar-refractivity contribution in [3.05, 3.63) is 0 Å². The Hall–Kier alpha value is -0.260. The minimum atomic E-state index is -0.744. The van der Waals surface area contributed by atoms with E-state index in [1.165, 1.54) is 0 Å². The third-order valence-electron chi connectivity index (χ3n) is 1.62. The molecule has 0 rings (SSSR count). The van der Waals surface area contributed by atoms with Gasteiger partial charge in [-0.2, -0.15) is 11.8 Å². The van der Waals surface area contributed by atoms with Gasteiger partial charge >= 0.3 is 0 Å². The Morgan fingerprint density at radius 3 is 2.71 bits per heavy atom. The molecule has 0 aliphatic carbocycles. The highest BCUT2D eigenvalue weighted by Gasteiger charge is 2.18. The van der Waals surface area contributed by atoms with Crippen molar-refractivity contribution < 1.29 is 9.90 Å². The van der Waals surface area contributed by atoms with Crippen LogP contribution in [0.15, 0.2) is 0 Å². The fraction of sp³-hybridized carbons (Fsp3) is 0.889. The molecule has 14 heavy (non-hydrogen) atoms. The normalized spacial score (nSPS) is 14.9. The second kappa shape index (κ2) is 7.09. The number of amides is 1. The monoisotopic (exact) mass is 220 g/mol. The van der Waals surface area contributed by atoms with Crippen molar-refractivity contribution in [3.8, 4) is 0 Å². The summed E-state index contributed by atoms with van der Waals surface area (Å²) in [4.78, 5) is 11.0. The molecule has 0 aliphatic rings. The topological polar surface area (TPSA) is 61.4 Å². The molecule has 84 valence electrons. The van der Waals surface area contributed by atoms with Gasteiger partial charge in [-0.25, -0.2) is 0 Å². The summed E-state index contributed by atoms with van der Waals surface area (Å²) in [6.45, 7) is 4.97. The predicted molar refractivity (Wildman–Crippen MR) is 60.6 cm³/mol. The highest BCUT2D eigenvalue weighted by molar-refractivity contribution is 7.98. The number of hydrogen-bond acceptors (Lipinski definition) is 4. The van der Waals surface area contributed by atoms with Crippen LogP contribution in [-0.4, -0.2) is 48.3 Å². The number of nitrogens with one attached hydrogen (secondary N) is 2. The molecule has 4 nitrogen and oxygen atoms in total. The van der Waals surface area contributed by atoms with E-state index in [4.69, 9.17) is 0 Å². The number of likely N-dealkylation sites (N-methyl/N-ethyl adjacent to an activating group) is 1. The Balaban J connectivity index is 3.57. The van der Waals surface area contributed by atoms with Crippen LogP contribution in [0.4, 0.5) is 0 Å². The first kappa shape index (κ1) is 13.7. The second-order valence-corrected chi connectivity index (χ2v) is 4.35. The summed E-state index contributed by atoms with van der Waals surface area (Å²) < 4.78 is 0. The van der Waals surface area contributed by atoms with Crippen LogP contribution < -0.4 is 10.6 Å². The fourth-order valence-corrected chi connectivity index (χ4v) is 1.79. The van der Waals surface area contributed by atoms with Gasteiger partial charge in [-0.05, 0) is 20.1 Å². The Morgan fingerprint density at radius 1 is 1.57 bits per heavy atom. The molecule has 0 radical (unpaired) electrons. The number of rotatable bonds is 7. The molecule has 0 aliphatic heterocycles. The molecule has 5 heteroatoms. The maximum absolute atomic E-state index is 11.0. The molecular weight excluding hydrogens is 200 g/mol. The van der Waals surface area contributed by atoms with Crippen LogP contribution in [0.5, 0.6) is 0 Å². The van der Waals surface area contributed by atoms with E-state index in [9.17, 15) is 9.90 Å². The molecule has 0 aromatic carbocycles. The molecule has 1 atom stereocenters. The SMILES string of the molecule is CCNC(=O)CNCC(C)(O)CSC. The highest BCUT2D eigenvalue weighted by atomic mass is 32.2. The van der Waals surface area contributed by atoms with Crippen LogP contribution in [0.25, 0.3) is 0 Å². The van der Waals surface area contributed by atoms with Crippen molar-refractivity contribution in [2.24, 2.45) is 0 Å². The van der Waals surface area contributed by atoms with Gasteiger partial charge in [-0.3, -0.25) is 4.79 Å². The van der Waals surface area contributed by atoms with Gasteiger partial charge in [0.15, 0.2) is 0 Å². The zero-order valence-corrected chi connectivity index (χ0v) is 9.91. The molecule has 3 N–H and O–H groups in total. The zero-order chi connectivity index (χ0) is 11.0. The lowest BCUT2D eigenvalue weighted by Gasteiger charge is -2.22. The molecule has 0 aromatic rings. The third kappa shape index (κ3) is 7.17. The fourth-order valence-electron chi connectivity index (χ4n) is 1.07. The zero-order valence-electron chi connectivity index (χ0n) is 9.09. The van der Waals surface area contributed by atoms with E-state index in [0.29, 0.717) is 18.8 Å². The molecule has 0 fully saturated rings. The number of thioether (sulfide) groups is 1. The van der Waals surface area contributed by atoms with Crippen molar-refractivity contribution in [3.63, 3.8) is 0 Å². The molecule has 0 saturated heterocycles. The summed E-state index contributed by atoms with van der Waals surface area (Å²) in [6, 6.07) is 0. The smallest absolute Gasteiger partial charge is 0.233 e. The maximum atomic E-state index is 11.0. The number of carbonyl (C=O) groups excluding carboxylic acids is 1. The number of aliphatic hydroxyl groups is 1.